The molecule has 0 heterocycles. The molecule has 1 aliphatic carbocycles. The minimum atomic E-state index is -2.86. The van der Waals surface area contributed by atoms with E-state index >= 15 is 0 Å². The lowest BCUT2D eigenvalue weighted by Gasteiger charge is -2.17. The second kappa shape index (κ2) is 6.82. The maximum atomic E-state index is 12.7. The number of hydrogen-bond acceptors (Lipinski definition) is 2. The van der Waals surface area contributed by atoms with Gasteiger partial charge < -0.3 is 10.1 Å². The van der Waals surface area contributed by atoms with Crippen molar-refractivity contribution in [1.29, 1.82) is 0 Å². The van der Waals surface area contributed by atoms with E-state index in [9.17, 15) is 13.6 Å². The van der Waals surface area contributed by atoms with Gasteiger partial charge in [-0.05, 0) is 49.9 Å². The standard InChI is InChI=1S/C20H21F2NO2/c1-13-8-14(2)10-16(9-13)20(6-7-20)18(24)23-12-15-4-3-5-17(11-15)25-19(21)22/h3-5,8-11,19H,6-7,12H2,1-2H3,(H,23,24). The molecule has 0 spiro atoms. The summed E-state index contributed by atoms with van der Waals surface area (Å²) in [6, 6.07) is 12.6. The number of carbonyl (C=O) groups is 1. The quantitative estimate of drug-likeness (QED) is 0.850. The smallest absolute Gasteiger partial charge is 0.387 e. The number of ether oxygens (including phenoxy) is 1. The third-order valence-corrected chi connectivity index (χ3v) is 4.54. The molecule has 0 bridgehead atoms. The Morgan fingerprint density at radius 1 is 1.16 bits per heavy atom. The van der Waals surface area contributed by atoms with Crippen LogP contribution in [0.2, 0.25) is 0 Å². The Morgan fingerprint density at radius 2 is 1.84 bits per heavy atom. The van der Waals surface area contributed by atoms with Crippen LogP contribution in [0.4, 0.5) is 8.78 Å². The lowest BCUT2D eigenvalue weighted by Crippen LogP contribution is -2.34. The van der Waals surface area contributed by atoms with E-state index in [-0.39, 0.29) is 18.2 Å². The predicted octanol–water partition coefficient (Wildman–Crippen LogP) is 4.25. The number of rotatable bonds is 6. The molecule has 2 aromatic carbocycles. The van der Waals surface area contributed by atoms with Crippen LogP contribution in [0.3, 0.4) is 0 Å². The fourth-order valence-electron chi connectivity index (χ4n) is 3.21. The number of hydrogen-bond donors (Lipinski definition) is 1. The Labute approximate surface area is 146 Å². The molecule has 5 heteroatoms. The van der Waals surface area contributed by atoms with E-state index < -0.39 is 12.0 Å². The molecule has 1 fully saturated rings. The van der Waals surface area contributed by atoms with Gasteiger partial charge in [-0.2, -0.15) is 8.78 Å². The van der Waals surface area contributed by atoms with E-state index in [1.165, 1.54) is 12.1 Å². The Morgan fingerprint density at radius 3 is 2.44 bits per heavy atom. The van der Waals surface area contributed by atoms with E-state index in [2.05, 4.69) is 28.3 Å². The zero-order chi connectivity index (χ0) is 18.0. The third-order valence-electron chi connectivity index (χ3n) is 4.54. The van der Waals surface area contributed by atoms with Crippen LogP contribution in [0.5, 0.6) is 5.75 Å². The first kappa shape index (κ1) is 17.4. The molecule has 0 atom stereocenters. The first-order valence-electron chi connectivity index (χ1n) is 8.30. The van der Waals surface area contributed by atoms with Crippen LogP contribution in [-0.2, 0) is 16.8 Å². The largest absolute Gasteiger partial charge is 0.435 e. The van der Waals surface area contributed by atoms with Gasteiger partial charge in [-0.25, -0.2) is 0 Å². The number of alkyl halides is 2. The van der Waals surface area contributed by atoms with Crippen molar-refractivity contribution in [2.24, 2.45) is 0 Å². The van der Waals surface area contributed by atoms with Gasteiger partial charge in [0, 0.05) is 6.54 Å². The number of nitrogens with one attached hydrogen (secondary N) is 1. The lowest BCUT2D eigenvalue weighted by molar-refractivity contribution is -0.123. The van der Waals surface area contributed by atoms with Gasteiger partial charge in [-0.1, -0.05) is 41.5 Å². The van der Waals surface area contributed by atoms with E-state index in [1.807, 2.05) is 13.8 Å². The van der Waals surface area contributed by atoms with Crippen LogP contribution in [0.15, 0.2) is 42.5 Å². The highest BCUT2D eigenvalue weighted by molar-refractivity contribution is 5.91. The molecule has 1 N–H and O–H groups in total. The van der Waals surface area contributed by atoms with Gasteiger partial charge in [0.1, 0.15) is 5.75 Å². The first-order chi connectivity index (χ1) is 11.9. The van der Waals surface area contributed by atoms with Crippen LogP contribution in [0.25, 0.3) is 0 Å². The molecule has 0 radical (unpaired) electrons. The van der Waals surface area contributed by atoms with Crippen molar-refractivity contribution in [3.05, 3.63) is 64.7 Å². The van der Waals surface area contributed by atoms with Gasteiger partial charge in [0.15, 0.2) is 0 Å². The van der Waals surface area contributed by atoms with Crippen molar-refractivity contribution < 1.29 is 18.3 Å². The summed E-state index contributed by atoms with van der Waals surface area (Å²) in [6.45, 7) is 1.48. The summed E-state index contributed by atoms with van der Waals surface area (Å²) in [4.78, 5) is 12.7. The first-order valence-corrected chi connectivity index (χ1v) is 8.30. The molecule has 0 unspecified atom stereocenters. The zero-order valence-corrected chi connectivity index (χ0v) is 14.3. The molecule has 1 amide bonds. The molecule has 1 saturated carbocycles. The van der Waals surface area contributed by atoms with Gasteiger partial charge in [-0.15, -0.1) is 0 Å². The number of benzene rings is 2. The molecule has 25 heavy (non-hydrogen) atoms. The fourth-order valence-corrected chi connectivity index (χ4v) is 3.21. The van der Waals surface area contributed by atoms with Crippen LogP contribution >= 0.6 is 0 Å². The van der Waals surface area contributed by atoms with Gasteiger partial charge in [0.25, 0.3) is 0 Å². The van der Waals surface area contributed by atoms with Crippen LogP contribution in [0.1, 0.15) is 35.1 Å². The van der Waals surface area contributed by atoms with Crippen molar-refractivity contribution in [2.75, 3.05) is 0 Å². The molecule has 132 valence electrons. The average Bonchev–Trinajstić information content (AvgIpc) is 3.33. The number of halogens is 2. The summed E-state index contributed by atoms with van der Waals surface area (Å²) < 4.78 is 29.0. The second-order valence-electron chi connectivity index (χ2n) is 6.67. The molecular formula is C20H21F2NO2. The average molecular weight is 345 g/mol. The van der Waals surface area contributed by atoms with E-state index in [1.54, 1.807) is 12.1 Å². The van der Waals surface area contributed by atoms with E-state index in [4.69, 9.17) is 0 Å². The van der Waals surface area contributed by atoms with Crippen molar-refractivity contribution >= 4 is 5.91 Å². The second-order valence-corrected chi connectivity index (χ2v) is 6.67. The monoisotopic (exact) mass is 345 g/mol. The minimum Gasteiger partial charge on any atom is -0.435 e. The van der Waals surface area contributed by atoms with Crippen molar-refractivity contribution in [3.8, 4) is 5.75 Å². The summed E-state index contributed by atoms with van der Waals surface area (Å²) in [5.74, 6) is 0.0786. The maximum Gasteiger partial charge on any atom is 0.387 e. The molecule has 3 nitrogen and oxygen atoms in total. The van der Waals surface area contributed by atoms with Crippen molar-refractivity contribution in [3.63, 3.8) is 0 Å². The number of amides is 1. The van der Waals surface area contributed by atoms with E-state index in [0.717, 1.165) is 35.1 Å². The fraction of sp³-hybridized carbons (Fsp3) is 0.350. The van der Waals surface area contributed by atoms with Crippen molar-refractivity contribution in [1.82, 2.24) is 5.32 Å². The van der Waals surface area contributed by atoms with Crippen LogP contribution < -0.4 is 10.1 Å². The Bertz CT molecular complexity index is 765. The molecule has 3 rings (SSSR count). The molecular weight excluding hydrogens is 324 g/mol. The van der Waals surface area contributed by atoms with Gasteiger partial charge in [-0.3, -0.25) is 4.79 Å². The predicted molar refractivity (Wildman–Crippen MR) is 91.7 cm³/mol. The minimum absolute atomic E-state index is 0.0160. The summed E-state index contributed by atoms with van der Waals surface area (Å²) in [5.41, 5.74) is 3.62. The van der Waals surface area contributed by atoms with Crippen molar-refractivity contribution in [2.45, 2.75) is 45.3 Å². The number of aryl methyl sites for hydroxylation is 2. The topological polar surface area (TPSA) is 38.3 Å². The molecule has 0 aromatic heterocycles. The molecule has 1 aliphatic rings. The highest BCUT2D eigenvalue weighted by atomic mass is 19.3. The summed E-state index contributed by atoms with van der Waals surface area (Å²) >= 11 is 0. The van der Waals surface area contributed by atoms with Crippen LogP contribution in [0, 0.1) is 13.8 Å². The Kier molecular flexibility index (Phi) is 4.75. The van der Waals surface area contributed by atoms with Gasteiger partial charge >= 0.3 is 6.61 Å². The molecule has 2 aromatic rings. The Hall–Kier alpha value is -2.43. The Balaban J connectivity index is 1.68. The third kappa shape index (κ3) is 3.98. The number of carbonyl (C=O) groups excluding carboxylic acids is 1. The summed E-state index contributed by atoms with van der Waals surface area (Å²) in [5, 5.41) is 2.94. The zero-order valence-electron chi connectivity index (χ0n) is 14.3. The van der Waals surface area contributed by atoms with Crippen LogP contribution in [-0.4, -0.2) is 12.5 Å². The maximum absolute atomic E-state index is 12.7. The normalized spacial score (nSPS) is 15.1. The molecule has 0 saturated heterocycles. The van der Waals surface area contributed by atoms with E-state index in [0.29, 0.717) is 0 Å². The SMILES string of the molecule is Cc1cc(C)cc(C2(C(=O)NCc3cccc(OC(F)F)c3)CC2)c1. The molecule has 0 aliphatic heterocycles. The summed E-state index contributed by atoms with van der Waals surface area (Å²) in [6.07, 6.45) is 1.66. The highest BCUT2D eigenvalue weighted by Crippen LogP contribution is 2.48. The highest BCUT2D eigenvalue weighted by Gasteiger charge is 2.51. The lowest BCUT2D eigenvalue weighted by atomic mass is 9.92. The van der Waals surface area contributed by atoms with Gasteiger partial charge in [0.05, 0.1) is 5.41 Å². The summed E-state index contributed by atoms with van der Waals surface area (Å²) in [7, 11) is 0. The van der Waals surface area contributed by atoms with Gasteiger partial charge in [0.2, 0.25) is 5.91 Å².